The number of anilines is 1. The Balaban J connectivity index is 1.84. The van der Waals surface area contributed by atoms with Gasteiger partial charge >= 0.3 is 6.18 Å². The van der Waals surface area contributed by atoms with E-state index in [9.17, 15) is 22.8 Å². The first-order chi connectivity index (χ1) is 11.2. The van der Waals surface area contributed by atoms with Crippen molar-refractivity contribution < 1.29 is 22.8 Å². The molecule has 1 N–H and O–H groups in total. The number of hydrogen-bond acceptors (Lipinski definition) is 5. The fourth-order valence-corrected chi connectivity index (χ4v) is 3.46. The number of carbonyl (C=O) groups excluding carboxylic acids is 2. The van der Waals surface area contributed by atoms with Crippen LogP contribution in [0.4, 0.5) is 18.3 Å². The number of aromatic nitrogens is 2. The zero-order valence-electron chi connectivity index (χ0n) is 13.4. The van der Waals surface area contributed by atoms with Gasteiger partial charge in [0.25, 0.3) is 0 Å². The van der Waals surface area contributed by atoms with Crippen LogP contribution in [0.1, 0.15) is 51.0 Å². The standard InChI is InChI=1S/C14H19F3N4O2S/c1-8-4-3-5-9(2)21(8)11(23)7-6-10(22)18-13-20-19-12(24-13)14(15,16)17/h8-9H,3-7H2,1-2H3,(H,18,20,22). The minimum Gasteiger partial charge on any atom is -0.337 e. The average Bonchev–Trinajstić information content (AvgIpc) is 2.93. The molecule has 1 aliphatic heterocycles. The number of halogens is 3. The minimum absolute atomic E-state index is 0.0193. The number of likely N-dealkylation sites (tertiary alicyclic amines) is 1. The maximum Gasteiger partial charge on any atom is 0.445 e. The number of nitrogens with one attached hydrogen (secondary N) is 1. The van der Waals surface area contributed by atoms with E-state index in [0.29, 0.717) is 0 Å². The molecule has 10 heteroatoms. The molecule has 0 aromatic carbocycles. The molecule has 1 fully saturated rings. The monoisotopic (exact) mass is 364 g/mol. The molecule has 24 heavy (non-hydrogen) atoms. The van der Waals surface area contributed by atoms with Gasteiger partial charge in [-0.1, -0.05) is 11.3 Å². The van der Waals surface area contributed by atoms with Gasteiger partial charge in [-0.05, 0) is 33.1 Å². The molecule has 2 unspecified atom stereocenters. The third-order valence-electron chi connectivity index (χ3n) is 3.96. The first kappa shape index (κ1) is 18.6. The molecule has 0 bridgehead atoms. The van der Waals surface area contributed by atoms with Gasteiger partial charge in [0.1, 0.15) is 0 Å². The molecule has 0 radical (unpaired) electrons. The molecule has 134 valence electrons. The SMILES string of the molecule is CC1CCCC(C)N1C(=O)CCC(=O)Nc1nnc(C(F)(F)F)s1. The number of nitrogens with zero attached hydrogens (tertiary/aromatic N) is 3. The lowest BCUT2D eigenvalue weighted by Gasteiger charge is -2.39. The highest BCUT2D eigenvalue weighted by molar-refractivity contribution is 7.15. The number of hydrogen-bond donors (Lipinski definition) is 1. The Morgan fingerprint density at radius 2 is 1.83 bits per heavy atom. The van der Waals surface area contributed by atoms with E-state index in [1.807, 2.05) is 13.8 Å². The van der Waals surface area contributed by atoms with E-state index in [4.69, 9.17) is 0 Å². The second-order valence-electron chi connectivity index (χ2n) is 5.89. The summed E-state index contributed by atoms with van der Waals surface area (Å²) in [4.78, 5) is 25.9. The third-order valence-corrected chi connectivity index (χ3v) is 4.84. The van der Waals surface area contributed by atoms with Crippen LogP contribution in [-0.4, -0.2) is 39.0 Å². The summed E-state index contributed by atoms with van der Waals surface area (Å²) < 4.78 is 37.3. The van der Waals surface area contributed by atoms with E-state index in [2.05, 4.69) is 15.5 Å². The van der Waals surface area contributed by atoms with Crippen molar-refractivity contribution in [2.75, 3.05) is 5.32 Å². The van der Waals surface area contributed by atoms with E-state index in [0.717, 1.165) is 19.3 Å². The summed E-state index contributed by atoms with van der Waals surface area (Å²) in [6.45, 7) is 3.96. The molecule has 1 aromatic rings. The summed E-state index contributed by atoms with van der Waals surface area (Å²) in [6, 6.07) is 0.281. The summed E-state index contributed by atoms with van der Waals surface area (Å²) in [5.41, 5.74) is 0. The van der Waals surface area contributed by atoms with Crippen LogP contribution in [0.25, 0.3) is 0 Å². The van der Waals surface area contributed by atoms with Crippen molar-refractivity contribution in [3.05, 3.63) is 5.01 Å². The van der Waals surface area contributed by atoms with Crippen molar-refractivity contribution in [1.29, 1.82) is 0 Å². The first-order valence-corrected chi connectivity index (χ1v) is 8.52. The highest BCUT2D eigenvalue weighted by Gasteiger charge is 2.36. The van der Waals surface area contributed by atoms with Crippen molar-refractivity contribution in [2.24, 2.45) is 0 Å². The predicted octanol–water partition coefficient (Wildman–Crippen LogP) is 3.07. The van der Waals surface area contributed by atoms with Crippen LogP contribution in [0.3, 0.4) is 0 Å². The Labute approximate surface area is 141 Å². The molecule has 0 saturated carbocycles. The van der Waals surface area contributed by atoms with Gasteiger partial charge < -0.3 is 10.2 Å². The van der Waals surface area contributed by atoms with Crippen molar-refractivity contribution in [3.63, 3.8) is 0 Å². The zero-order valence-corrected chi connectivity index (χ0v) is 14.2. The van der Waals surface area contributed by atoms with Crippen molar-refractivity contribution in [2.45, 2.75) is 64.2 Å². The largest absolute Gasteiger partial charge is 0.445 e. The lowest BCUT2D eigenvalue weighted by Crippen LogP contribution is -2.47. The number of rotatable bonds is 4. The quantitative estimate of drug-likeness (QED) is 0.891. The Morgan fingerprint density at radius 3 is 2.38 bits per heavy atom. The van der Waals surface area contributed by atoms with Crippen LogP contribution in [0.5, 0.6) is 0 Å². The van der Waals surface area contributed by atoms with E-state index < -0.39 is 17.1 Å². The molecular weight excluding hydrogens is 345 g/mol. The second kappa shape index (κ2) is 7.45. The summed E-state index contributed by atoms with van der Waals surface area (Å²) in [5, 5.41) is 7.17. The van der Waals surface area contributed by atoms with E-state index in [1.165, 1.54) is 0 Å². The number of amides is 2. The van der Waals surface area contributed by atoms with Crippen LogP contribution in [0.2, 0.25) is 0 Å². The fraction of sp³-hybridized carbons (Fsp3) is 0.714. The van der Waals surface area contributed by atoms with Gasteiger partial charge in [0.2, 0.25) is 22.0 Å². The van der Waals surface area contributed by atoms with Gasteiger partial charge in [-0.3, -0.25) is 9.59 Å². The summed E-state index contributed by atoms with van der Waals surface area (Å²) in [5.74, 6) is -0.663. The molecule has 2 heterocycles. The highest BCUT2D eigenvalue weighted by Crippen LogP contribution is 2.33. The maximum atomic E-state index is 12.4. The van der Waals surface area contributed by atoms with Gasteiger partial charge in [0.15, 0.2) is 0 Å². The van der Waals surface area contributed by atoms with Crippen molar-refractivity contribution in [3.8, 4) is 0 Å². The number of alkyl halides is 3. The van der Waals surface area contributed by atoms with Crippen LogP contribution < -0.4 is 5.32 Å². The number of carbonyl (C=O) groups is 2. The predicted molar refractivity (Wildman–Crippen MR) is 82.4 cm³/mol. The van der Waals surface area contributed by atoms with Gasteiger partial charge in [-0.2, -0.15) is 13.2 Å². The Kier molecular flexibility index (Phi) is 5.79. The fourth-order valence-electron chi connectivity index (χ4n) is 2.83. The first-order valence-electron chi connectivity index (χ1n) is 7.70. The van der Waals surface area contributed by atoms with E-state index in [-0.39, 0.29) is 47.3 Å². The lowest BCUT2D eigenvalue weighted by atomic mass is 9.97. The van der Waals surface area contributed by atoms with Crippen LogP contribution in [0, 0.1) is 0 Å². The minimum atomic E-state index is -4.59. The molecule has 2 atom stereocenters. The van der Waals surface area contributed by atoms with Crippen molar-refractivity contribution >= 4 is 28.3 Å². The highest BCUT2D eigenvalue weighted by atomic mass is 32.1. The Bertz CT molecular complexity index is 595. The van der Waals surface area contributed by atoms with Crippen molar-refractivity contribution in [1.82, 2.24) is 15.1 Å². The topological polar surface area (TPSA) is 75.2 Å². The maximum absolute atomic E-state index is 12.4. The van der Waals surface area contributed by atoms with Gasteiger partial charge in [0, 0.05) is 24.9 Å². The van der Waals surface area contributed by atoms with E-state index >= 15 is 0 Å². The van der Waals surface area contributed by atoms with Crippen LogP contribution >= 0.6 is 11.3 Å². The molecule has 0 aliphatic carbocycles. The summed E-state index contributed by atoms with van der Waals surface area (Å²) in [6.07, 6.45) is -1.72. The Hall–Kier alpha value is -1.71. The molecule has 1 aliphatic rings. The molecule has 6 nitrogen and oxygen atoms in total. The van der Waals surface area contributed by atoms with E-state index in [1.54, 1.807) is 4.90 Å². The second-order valence-corrected chi connectivity index (χ2v) is 6.87. The number of piperidine rings is 1. The molecule has 1 aromatic heterocycles. The molecule has 1 saturated heterocycles. The third kappa shape index (κ3) is 4.65. The smallest absolute Gasteiger partial charge is 0.337 e. The molecule has 2 amide bonds. The summed E-state index contributed by atoms with van der Waals surface area (Å²) in [7, 11) is 0. The van der Waals surface area contributed by atoms with Gasteiger partial charge in [-0.15, -0.1) is 10.2 Å². The van der Waals surface area contributed by atoms with Gasteiger partial charge in [0.05, 0.1) is 0 Å². The van der Waals surface area contributed by atoms with Crippen LogP contribution in [-0.2, 0) is 15.8 Å². The normalized spacial score (nSPS) is 21.6. The molecule has 2 rings (SSSR count). The summed E-state index contributed by atoms with van der Waals surface area (Å²) >= 11 is 0.257. The molecule has 0 spiro atoms. The van der Waals surface area contributed by atoms with Gasteiger partial charge in [-0.25, -0.2) is 0 Å². The lowest BCUT2D eigenvalue weighted by molar-refractivity contribution is -0.139. The zero-order chi connectivity index (χ0) is 17.9. The average molecular weight is 364 g/mol. The Morgan fingerprint density at radius 1 is 1.21 bits per heavy atom. The molecular formula is C14H19F3N4O2S. The van der Waals surface area contributed by atoms with Crippen LogP contribution in [0.15, 0.2) is 0 Å².